The molecule has 0 bridgehead atoms. The highest BCUT2D eigenvalue weighted by atomic mass is 19.1. The molecule has 1 saturated carbocycles. The Morgan fingerprint density at radius 1 is 1.35 bits per heavy atom. The van der Waals surface area contributed by atoms with Gasteiger partial charge < -0.3 is 10.3 Å². The normalized spacial score (nSPS) is 15.5. The van der Waals surface area contributed by atoms with Crippen molar-refractivity contribution in [3.05, 3.63) is 47.3 Å². The molecule has 1 fully saturated rings. The zero-order valence-corrected chi connectivity index (χ0v) is 14.8. The number of hydrogen-bond donors (Lipinski definition) is 2. The Labute approximate surface area is 150 Å². The van der Waals surface area contributed by atoms with Crippen molar-refractivity contribution in [2.24, 2.45) is 7.05 Å². The lowest BCUT2D eigenvalue weighted by atomic mass is 9.85. The van der Waals surface area contributed by atoms with Crippen molar-refractivity contribution in [3.63, 3.8) is 0 Å². The Balaban J connectivity index is 1.49. The topological polar surface area (TPSA) is 75.6 Å². The van der Waals surface area contributed by atoms with Crippen molar-refractivity contribution < 1.29 is 9.18 Å². The summed E-state index contributed by atoms with van der Waals surface area (Å²) in [6.45, 7) is 0.258. The van der Waals surface area contributed by atoms with Crippen molar-refractivity contribution >= 4 is 16.9 Å². The number of imidazole rings is 1. The van der Waals surface area contributed by atoms with E-state index >= 15 is 0 Å². The van der Waals surface area contributed by atoms with Gasteiger partial charge in [-0.25, -0.2) is 9.37 Å². The van der Waals surface area contributed by atoms with Crippen molar-refractivity contribution in [2.45, 2.75) is 44.6 Å². The summed E-state index contributed by atoms with van der Waals surface area (Å²) in [5.74, 6) is 0.497. The van der Waals surface area contributed by atoms with Crippen LogP contribution in [-0.2, 0) is 13.6 Å². The molecule has 3 aromatic rings. The van der Waals surface area contributed by atoms with E-state index in [2.05, 4.69) is 20.4 Å². The van der Waals surface area contributed by atoms with Gasteiger partial charge in [0.25, 0.3) is 5.91 Å². The SMILES string of the molecule is Cn1cc(C(=O)NCc2nc3ccc(F)cc3[nH]2)c(C2CCCCC2)n1. The largest absolute Gasteiger partial charge is 0.345 e. The Bertz CT molecular complexity index is 939. The number of aromatic amines is 1. The smallest absolute Gasteiger partial charge is 0.255 e. The molecular formula is C19H22FN5O. The zero-order chi connectivity index (χ0) is 18.1. The fraction of sp³-hybridized carbons (Fsp3) is 0.421. The molecular weight excluding hydrogens is 333 g/mol. The minimum absolute atomic E-state index is 0.148. The van der Waals surface area contributed by atoms with Gasteiger partial charge >= 0.3 is 0 Å². The zero-order valence-electron chi connectivity index (χ0n) is 14.8. The molecule has 2 heterocycles. The molecule has 26 heavy (non-hydrogen) atoms. The van der Waals surface area contributed by atoms with Gasteiger partial charge in [0.1, 0.15) is 11.6 Å². The lowest BCUT2D eigenvalue weighted by Gasteiger charge is -2.20. The molecule has 0 unspecified atom stereocenters. The van der Waals surface area contributed by atoms with E-state index in [-0.39, 0.29) is 18.3 Å². The number of rotatable bonds is 4. The lowest BCUT2D eigenvalue weighted by Crippen LogP contribution is -2.24. The first-order chi connectivity index (χ1) is 12.6. The van der Waals surface area contributed by atoms with Crippen LogP contribution in [0.4, 0.5) is 4.39 Å². The summed E-state index contributed by atoms with van der Waals surface area (Å²) in [4.78, 5) is 20.1. The fourth-order valence-electron chi connectivity index (χ4n) is 3.74. The predicted molar refractivity (Wildman–Crippen MR) is 96.3 cm³/mol. The maximum atomic E-state index is 13.3. The summed E-state index contributed by atoms with van der Waals surface area (Å²) in [6, 6.07) is 4.39. The summed E-state index contributed by atoms with van der Waals surface area (Å²) in [7, 11) is 1.84. The second-order valence-electron chi connectivity index (χ2n) is 6.96. The lowest BCUT2D eigenvalue weighted by molar-refractivity contribution is 0.0948. The van der Waals surface area contributed by atoms with E-state index in [4.69, 9.17) is 0 Å². The van der Waals surface area contributed by atoms with Gasteiger partial charge in [-0.3, -0.25) is 9.48 Å². The first kappa shape index (κ1) is 16.8. The maximum Gasteiger partial charge on any atom is 0.255 e. The highest BCUT2D eigenvalue weighted by Crippen LogP contribution is 2.33. The Morgan fingerprint density at radius 2 is 2.15 bits per heavy atom. The average molecular weight is 355 g/mol. The molecule has 0 spiro atoms. The van der Waals surface area contributed by atoms with Gasteiger partial charge in [-0.05, 0) is 31.0 Å². The van der Waals surface area contributed by atoms with Crippen LogP contribution in [0.3, 0.4) is 0 Å². The van der Waals surface area contributed by atoms with Crippen LogP contribution in [0.1, 0.15) is 59.9 Å². The van der Waals surface area contributed by atoms with Gasteiger partial charge in [0.15, 0.2) is 0 Å². The Kier molecular flexibility index (Phi) is 4.44. The van der Waals surface area contributed by atoms with Crippen LogP contribution in [0, 0.1) is 5.82 Å². The number of aryl methyl sites for hydroxylation is 1. The third-order valence-corrected chi connectivity index (χ3v) is 5.00. The molecule has 1 aliphatic carbocycles. The molecule has 0 radical (unpaired) electrons. The number of carbonyl (C=O) groups is 1. The summed E-state index contributed by atoms with van der Waals surface area (Å²) in [5, 5.41) is 7.45. The number of hydrogen-bond acceptors (Lipinski definition) is 3. The van der Waals surface area contributed by atoms with Gasteiger partial charge in [-0.2, -0.15) is 5.10 Å². The van der Waals surface area contributed by atoms with Crippen LogP contribution in [0.5, 0.6) is 0 Å². The number of amides is 1. The number of H-pyrrole nitrogens is 1. The minimum Gasteiger partial charge on any atom is -0.345 e. The number of benzene rings is 1. The van der Waals surface area contributed by atoms with Gasteiger partial charge in [0, 0.05) is 19.2 Å². The highest BCUT2D eigenvalue weighted by Gasteiger charge is 2.24. The van der Waals surface area contributed by atoms with Gasteiger partial charge in [-0.15, -0.1) is 0 Å². The molecule has 0 aliphatic heterocycles. The third-order valence-electron chi connectivity index (χ3n) is 5.00. The molecule has 2 N–H and O–H groups in total. The number of nitrogens with one attached hydrogen (secondary N) is 2. The van der Waals surface area contributed by atoms with Crippen molar-refractivity contribution in [2.75, 3.05) is 0 Å². The quantitative estimate of drug-likeness (QED) is 0.753. The molecule has 1 amide bonds. The summed E-state index contributed by atoms with van der Waals surface area (Å²) in [5.41, 5.74) is 2.84. The number of carbonyl (C=O) groups excluding carboxylic acids is 1. The van der Waals surface area contributed by atoms with E-state index in [1.165, 1.54) is 31.4 Å². The van der Waals surface area contributed by atoms with E-state index in [0.29, 0.717) is 28.3 Å². The molecule has 6 nitrogen and oxygen atoms in total. The number of fused-ring (bicyclic) bond motifs is 1. The molecule has 0 atom stereocenters. The summed E-state index contributed by atoms with van der Waals surface area (Å²) >= 11 is 0. The van der Waals surface area contributed by atoms with Crippen LogP contribution in [-0.4, -0.2) is 25.7 Å². The Morgan fingerprint density at radius 3 is 2.96 bits per heavy atom. The third kappa shape index (κ3) is 3.34. The van der Waals surface area contributed by atoms with Crippen LogP contribution in [0.15, 0.2) is 24.4 Å². The maximum absolute atomic E-state index is 13.3. The molecule has 1 aromatic carbocycles. The monoisotopic (exact) mass is 355 g/mol. The van der Waals surface area contributed by atoms with Gasteiger partial charge in [-0.1, -0.05) is 19.3 Å². The van der Waals surface area contributed by atoms with Crippen LogP contribution in [0.25, 0.3) is 11.0 Å². The first-order valence-corrected chi connectivity index (χ1v) is 9.06. The summed E-state index contributed by atoms with van der Waals surface area (Å²) in [6.07, 6.45) is 7.61. The molecule has 1 aliphatic rings. The first-order valence-electron chi connectivity index (χ1n) is 9.06. The second kappa shape index (κ2) is 6.90. The molecule has 7 heteroatoms. The van der Waals surface area contributed by atoms with E-state index in [1.54, 1.807) is 16.9 Å². The van der Waals surface area contributed by atoms with Crippen molar-refractivity contribution in [3.8, 4) is 0 Å². The molecule has 136 valence electrons. The second-order valence-corrected chi connectivity index (χ2v) is 6.96. The van der Waals surface area contributed by atoms with Crippen LogP contribution >= 0.6 is 0 Å². The standard InChI is InChI=1S/C19H22FN5O/c1-25-11-14(18(24-25)12-5-3-2-4-6-12)19(26)21-10-17-22-15-8-7-13(20)9-16(15)23-17/h7-9,11-12H,2-6,10H2,1H3,(H,21,26)(H,22,23). The highest BCUT2D eigenvalue weighted by molar-refractivity contribution is 5.95. The molecule has 0 saturated heterocycles. The summed E-state index contributed by atoms with van der Waals surface area (Å²) < 4.78 is 15.0. The molecule has 4 rings (SSSR count). The Hall–Kier alpha value is -2.70. The van der Waals surface area contributed by atoms with Crippen molar-refractivity contribution in [1.82, 2.24) is 25.1 Å². The minimum atomic E-state index is -0.316. The van der Waals surface area contributed by atoms with E-state index in [1.807, 2.05) is 7.05 Å². The number of halogens is 1. The van der Waals surface area contributed by atoms with E-state index in [9.17, 15) is 9.18 Å². The number of nitrogens with zero attached hydrogens (tertiary/aromatic N) is 3. The van der Waals surface area contributed by atoms with Crippen LogP contribution in [0.2, 0.25) is 0 Å². The predicted octanol–water partition coefficient (Wildman–Crippen LogP) is 3.41. The van der Waals surface area contributed by atoms with Gasteiger partial charge in [0.2, 0.25) is 0 Å². The van der Waals surface area contributed by atoms with Crippen LogP contribution < -0.4 is 5.32 Å². The number of aromatic nitrogens is 4. The van der Waals surface area contributed by atoms with Gasteiger partial charge in [0.05, 0.1) is 28.8 Å². The molecule has 2 aromatic heterocycles. The van der Waals surface area contributed by atoms with Crippen molar-refractivity contribution in [1.29, 1.82) is 0 Å². The average Bonchev–Trinajstić information content (AvgIpc) is 3.23. The fourth-order valence-corrected chi connectivity index (χ4v) is 3.74. The van der Waals surface area contributed by atoms with E-state index < -0.39 is 0 Å². The van der Waals surface area contributed by atoms with E-state index in [0.717, 1.165) is 18.5 Å².